The van der Waals surface area contributed by atoms with Gasteiger partial charge in [0.2, 0.25) is 4.96 Å². The van der Waals surface area contributed by atoms with Crippen LogP contribution in [0.3, 0.4) is 0 Å². The van der Waals surface area contributed by atoms with Crippen molar-refractivity contribution in [1.29, 1.82) is 0 Å². The van der Waals surface area contributed by atoms with E-state index < -0.39 is 5.25 Å². The van der Waals surface area contributed by atoms with Crippen LogP contribution in [0.4, 0.5) is 0 Å². The van der Waals surface area contributed by atoms with Gasteiger partial charge in [-0.15, -0.1) is 15.3 Å². The zero-order valence-corrected chi connectivity index (χ0v) is 12.0. The van der Waals surface area contributed by atoms with E-state index in [1.165, 1.54) is 13.8 Å². The van der Waals surface area contributed by atoms with Crippen molar-refractivity contribution in [1.82, 2.24) is 19.8 Å². The van der Waals surface area contributed by atoms with Crippen LogP contribution in [0, 0.1) is 6.92 Å². The number of thioether (sulfide) groups is 1. The summed E-state index contributed by atoms with van der Waals surface area (Å²) >= 11 is 2.15. The van der Waals surface area contributed by atoms with Crippen molar-refractivity contribution < 1.29 is 9.59 Å². The second kappa shape index (κ2) is 5.17. The van der Waals surface area contributed by atoms with E-state index >= 15 is 0 Å². The largest absolute Gasteiger partial charge is 0.298 e. The van der Waals surface area contributed by atoms with Gasteiger partial charge in [0.25, 0.3) is 5.56 Å². The Kier molecular flexibility index (Phi) is 3.76. The molecule has 2 aromatic heterocycles. The predicted octanol–water partition coefficient (Wildman–Crippen LogP) is 0.493. The molecule has 0 aromatic carbocycles. The number of carbonyl (C=O) groups is 2. The van der Waals surface area contributed by atoms with Gasteiger partial charge < -0.3 is 0 Å². The highest BCUT2D eigenvalue weighted by atomic mass is 32.2. The Bertz CT molecular complexity index is 707. The van der Waals surface area contributed by atoms with Crippen molar-refractivity contribution in [3.8, 4) is 0 Å². The Hall–Kier alpha value is -1.61. The molecule has 0 spiro atoms. The van der Waals surface area contributed by atoms with Crippen molar-refractivity contribution in [3.05, 3.63) is 16.0 Å². The molecule has 0 amide bonds. The van der Waals surface area contributed by atoms with Crippen LogP contribution in [0.5, 0.6) is 0 Å². The van der Waals surface area contributed by atoms with E-state index in [0.717, 1.165) is 27.6 Å². The molecule has 0 aliphatic carbocycles. The number of fused-ring (bicyclic) bond motifs is 1. The molecule has 19 heavy (non-hydrogen) atoms. The van der Waals surface area contributed by atoms with Crippen LogP contribution >= 0.6 is 23.1 Å². The van der Waals surface area contributed by atoms with Gasteiger partial charge in [-0.2, -0.15) is 4.52 Å². The summed E-state index contributed by atoms with van der Waals surface area (Å²) in [6, 6.07) is 0. The zero-order chi connectivity index (χ0) is 14.2. The fraction of sp³-hybridized carbons (Fsp3) is 0.400. The quantitative estimate of drug-likeness (QED) is 0.599. The highest BCUT2D eigenvalue weighted by Gasteiger charge is 2.23. The zero-order valence-electron chi connectivity index (χ0n) is 10.4. The third-order valence-corrected chi connectivity index (χ3v) is 4.70. The first-order valence-corrected chi connectivity index (χ1v) is 7.00. The van der Waals surface area contributed by atoms with Crippen LogP contribution in [0.1, 0.15) is 19.5 Å². The number of Topliss-reactive ketones (excluding diaryl/α,β-unsaturated/α-hetero) is 2. The number of hydrogen-bond acceptors (Lipinski definition) is 8. The van der Waals surface area contributed by atoms with Crippen LogP contribution in [0.15, 0.2) is 9.13 Å². The third kappa shape index (κ3) is 2.71. The second-order valence-electron chi connectivity index (χ2n) is 3.87. The number of hydrogen-bond donors (Lipinski definition) is 0. The molecule has 0 saturated heterocycles. The van der Waals surface area contributed by atoms with E-state index in [2.05, 4.69) is 15.3 Å². The van der Waals surface area contributed by atoms with E-state index in [1.807, 2.05) is 0 Å². The van der Waals surface area contributed by atoms with Crippen LogP contribution in [-0.4, -0.2) is 36.6 Å². The van der Waals surface area contributed by atoms with Crippen molar-refractivity contribution in [2.75, 3.05) is 0 Å². The second-order valence-corrected chi connectivity index (χ2v) is 6.18. The average molecular weight is 298 g/mol. The topological polar surface area (TPSA) is 94.3 Å². The molecule has 0 atom stereocenters. The van der Waals surface area contributed by atoms with Gasteiger partial charge in [0.1, 0.15) is 10.9 Å². The Morgan fingerprint density at radius 2 is 1.89 bits per heavy atom. The molecule has 0 radical (unpaired) electrons. The first-order valence-electron chi connectivity index (χ1n) is 5.31. The smallest absolute Gasteiger partial charge is 0.296 e. The lowest BCUT2D eigenvalue weighted by Crippen LogP contribution is -2.22. The molecule has 0 bridgehead atoms. The fourth-order valence-corrected chi connectivity index (χ4v) is 3.31. The normalized spacial score (nSPS) is 11.2. The molecule has 0 N–H and O–H groups in total. The van der Waals surface area contributed by atoms with Gasteiger partial charge in [0.05, 0.1) is 0 Å². The van der Waals surface area contributed by atoms with Crippen molar-refractivity contribution in [3.63, 3.8) is 0 Å². The minimum absolute atomic E-state index is 0.244. The molecular weight excluding hydrogens is 288 g/mol. The lowest BCUT2D eigenvalue weighted by atomic mass is 10.2. The standard InChI is InChI=1S/C10H10N4O3S2/c1-4-8(17)14-9(12-11-4)19-10(13-14)18-7(5(2)15)6(3)16/h7H,1-3H3. The highest BCUT2D eigenvalue weighted by Crippen LogP contribution is 2.28. The Morgan fingerprint density at radius 3 is 2.47 bits per heavy atom. The van der Waals surface area contributed by atoms with Crippen molar-refractivity contribution in [2.45, 2.75) is 30.4 Å². The lowest BCUT2D eigenvalue weighted by molar-refractivity contribution is -0.123. The SMILES string of the molecule is CC(=O)C(Sc1nn2c(=O)c(C)nnc2s1)C(C)=O. The molecule has 9 heteroatoms. The molecule has 100 valence electrons. The molecule has 0 aliphatic heterocycles. The maximum Gasteiger partial charge on any atom is 0.296 e. The van der Waals surface area contributed by atoms with Gasteiger partial charge in [0.15, 0.2) is 15.9 Å². The number of ketones is 2. The third-order valence-electron chi connectivity index (χ3n) is 2.29. The summed E-state index contributed by atoms with van der Waals surface area (Å²) in [6.07, 6.45) is 0. The molecule has 2 rings (SSSR count). The van der Waals surface area contributed by atoms with E-state index in [4.69, 9.17) is 0 Å². The van der Waals surface area contributed by atoms with Crippen LogP contribution in [0.25, 0.3) is 4.96 Å². The highest BCUT2D eigenvalue weighted by molar-refractivity contribution is 8.03. The van der Waals surface area contributed by atoms with Crippen molar-refractivity contribution in [2.24, 2.45) is 0 Å². The van der Waals surface area contributed by atoms with E-state index in [9.17, 15) is 14.4 Å². The number of aromatic nitrogens is 4. The van der Waals surface area contributed by atoms with Crippen molar-refractivity contribution >= 4 is 39.6 Å². The van der Waals surface area contributed by atoms with Gasteiger partial charge in [-0.05, 0) is 20.8 Å². The minimum Gasteiger partial charge on any atom is -0.298 e. The lowest BCUT2D eigenvalue weighted by Gasteiger charge is -2.05. The first-order chi connectivity index (χ1) is 8.90. The molecule has 0 saturated carbocycles. The number of rotatable bonds is 4. The Labute approximate surface area is 116 Å². The maximum absolute atomic E-state index is 11.8. The summed E-state index contributed by atoms with van der Waals surface area (Å²) < 4.78 is 1.57. The molecular formula is C10H10N4O3S2. The van der Waals surface area contributed by atoms with Gasteiger partial charge >= 0.3 is 0 Å². The number of carbonyl (C=O) groups excluding carboxylic acids is 2. The summed E-state index contributed by atoms with van der Waals surface area (Å²) in [4.78, 5) is 34.8. The summed E-state index contributed by atoms with van der Waals surface area (Å²) in [6.45, 7) is 4.24. The summed E-state index contributed by atoms with van der Waals surface area (Å²) in [5.41, 5.74) is -0.107. The molecule has 0 aliphatic rings. The molecule has 0 unspecified atom stereocenters. The summed E-state index contributed by atoms with van der Waals surface area (Å²) in [7, 11) is 0. The van der Waals surface area contributed by atoms with E-state index in [0.29, 0.717) is 9.30 Å². The summed E-state index contributed by atoms with van der Waals surface area (Å²) in [5.74, 6) is -0.488. The molecule has 2 aromatic rings. The fourth-order valence-electron chi connectivity index (χ4n) is 1.38. The first kappa shape index (κ1) is 13.8. The van der Waals surface area contributed by atoms with Gasteiger partial charge in [-0.3, -0.25) is 14.4 Å². The van der Waals surface area contributed by atoms with Crippen LogP contribution in [-0.2, 0) is 9.59 Å². The van der Waals surface area contributed by atoms with Gasteiger partial charge in [-0.25, -0.2) is 0 Å². The summed E-state index contributed by atoms with van der Waals surface area (Å²) in [5, 5.41) is 10.8. The predicted molar refractivity (Wildman–Crippen MR) is 70.7 cm³/mol. The van der Waals surface area contributed by atoms with Crippen LogP contribution in [0.2, 0.25) is 0 Å². The van der Waals surface area contributed by atoms with Gasteiger partial charge in [0, 0.05) is 0 Å². The monoisotopic (exact) mass is 298 g/mol. The maximum atomic E-state index is 11.8. The van der Waals surface area contributed by atoms with E-state index in [1.54, 1.807) is 6.92 Å². The van der Waals surface area contributed by atoms with Gasteiger partial charge in [-0.1, -0.05) is 23.1 Å². The minimum atomic E-state index is -0.801. The Morgan fingerprint density at radius 1 is 1.26 bits per heavy atom. The average Bonchev–Trinajstić information content (AvgIpc) is 2.74. The molecule has 2 heterocycles. The molecule has 7 nitrogen and oxygen atoms in total. The number of aryl methyl sites for hydroxylation is 1. The van der Waals surface area contributed by atoms with Crippen LogP contribution < -0.4 is 5.56 Å². The van der Waals surface area contributed by atoms with E-state index in [-0.39, 0.29) is 22.8 Å². The molecule has 0 fully saturated rings. The number of nitrogens with zero attached hydrogens (tertiary/aromatic N) is 4. The Balaban J connectivity index is 2.42.